The van der Waals surface area contributed by atoms with Gasteiger partial charge in [-0.15, -0.1) is 0 Å². The van der Waals surface area contributed by atoms with E-state index in [1.54, 1.807) is 0 Å². The van der Waals surface area contributed by atoms with Gasteiger partial charge in [-0.1, -0.05) is 78.9 Å². The van der Waals surface area contributed by atoms with Crippen molar-refractivity contribution in [2.75, 3.05) is 5.32 Å². The predicted molar refractivity (Wildman–Crippen MR) is 140 cm³/mol. The molecule has 0 fully saturated rings. The molecule has 0 radical (unpaired) electrons. The number of carbonyl (C=O) groups excluding carboxylic acids is 1. The van der Waals surface area contributed by atoms with Gasteiger partial charge in [0.2, 0.25) is 0 Å². The van der Waals surface area contributed by atoms with Crippen LogP contribution in [0, 0.1) is 0 Å². The fourth-order valence-corrected chi connectivity index (χ4v) is 4.22. The van der Waals surface area contributed by atoms with Crippen molar-refractivity contribution in [3.05, 3.63) is 109 Å². The minimum Gasteiger partial charge on any atom is -0.321 e. The molecule has 4 aromatic carbocycles. The van der Waals surface area contributed by atoms with Gasteiger partial charge < -0.3 is 5.32 Å². The largest absolute Gasteiger partial charge is 0.321 e. The van der Waals surface area contributed by atoms with E-state index >= 15 is 0 Å². The standard InChI is InChI=1S/C30H27N3O/c1-30(2,3)33-26-16-10-15-25(27(26)28(32-33)23-13-8-5-9-14-23)31-29(34)24-19-17-22(18-20-24)21-11-6-4-7-12-21/h4-20H,1-3H3,(H,31,34). The molecular formula is C30H27N3O. The smallest absolute Gasteiger partial charge is 0.255 e. The molecule has 34 heavy (non-hydrogen) atoms. The van der Waals surface area contributed by atoms with Crippen molar-refractivity contribution < 1.29 is 4.79 Å². The zero-order chi connectivity index (χ0) is 23.7. The van der Waals surface area contributed by atoms with E-state index in [1.165, 1.54) is 0 Å². The lowest BCUT2D eigenvalue weighted by molar-refractivity contribution is 0.102. The van der Waals surface area contributed by atoms with Crippen molar-refractivity contribution in [2.24, 2.45) is 0 Å². The summed E-state index contributed by atoms with van der Waals surface area (Å²) in [4.78, 5) is 13.2. The molecule has 168 valence electrons. The summed E-state index contributed by atoms with van der Waals surface area (Å²) >= 11 is 0. The summed E-state index contributed by atoms with van der Waals surface area (Å²) in [5.41, 5.74) is 6.23. The highest BCUT2D eigenvalue weighted by molar-refractivity contribution is 6.12. The molecule has 1 amide bonds. The second kappa shape index (κ2) is 8.64. The molecule has 0 bridgehead atoms. The van der Waals surface area contributed by atoms with Crippen LogP contribution in [0.1, 0.15) is 31.1 Å². The van der Waals surface area contributed by atoms with E-state index in [4.69, 9.17) is 5.10 Å². The third kappa shape index (κ3) is 4.11. The first-order valence-corrected chi connectivity index (χ1v) is 11.5. The first-order chi connectivity index (χ1) is 16.4. The molecular weight excluding hydrogens is 418 g/mol. The van der Waals surface area contributed by atoms with Gasteiger partial charge in [-0.25, -0.2) is 0 Å². The molecule has 0 aliphatic heterocycles. The van der Waals surface area contributed by atoms with Crippen LogP contribution in [-0.4, -0.2) is 15.7 Å². The Morgan fingerprint density at radius 3 is 1.91 bits per heavy atom. The van der Waals surface area contributed by atoms with E-state index in [0.717, 1.165) is 39.0 Å². The maximum atomic E-state index is 13.2. The monoisotopic (exact) mass is 445 g/mol. The highest BCUT2D eigenvalue weighted by Gasteiger charge is 2.23. The van der Waals surface area contributed by atoms with Gasteiger partial charge in [-0.05, 0) is 56.2 Å². The molecule has 4 nitrogen and oxygen atoms in total. The fourth-order valence-electron chi connectivity index (χ4n) is 4.22. The van der Waals surface area contributed by atoms with Crippen molar-refractivity contribution in [1.82, 2.24) is 9.78 Å². The Morgan fingerprint density at radius 1 is 0.706 bits per heavy atom. The van der Waals surface area contributed by atoms with E-state index < -0.39 is 0 Å². The van der Waals surface area contributed by atoms with E-state index in [-0.39, 0.29) is 11.4 Å². The molecule has 1 heterocycles. The fraction of sp³-hybridized carbons (Fsp3) is 0.133. The molecule has 0 spiro atoms. The molecule has 0 unspecified atom stereocenters. The molecule has 1 N–H and O–H groups in total. The number of nitrogens with zero attached hydrogens (tertiary/aromatic N) is 2. The number of anilines is 1. The van der Waals surface area contributed by atoms with Crippen molar-refractivity contribution in [2.45, 2.75) is 26.3 Å². The molecule has 0 atom stereocenters. The van der Waals surface area contributed by atoms with Crippen LogP contribution >= 0.6 is 0 Å². The third-order valence-corrected chi connectivity index (χ3v) is 5.89. The highest BCUT2D eigenvalue weighted by atomic mass is 16.1. The zero-order valence-corrected chi connectivity index (χ0v) is 19.6. The van der Waals surface area contributed by atoms with Crippen molar-refractivity contribution >= 4 is 22.5 Å². The van der Waals surface area contributed by atoms with Gasteiger partial charge in [0.25, 0.3) is 5.91 Å². The normalized spacial score (nSPS) is 11.5. The van der Waals surface area contributed by atoms with Crippen LogP contribution in [0.3, 0.4) is 0 Å². The first-order valence-electron chi connectivity index (χ1n) is 11.5. The maximum Gasteiger partial charge on any atom is 0.255 e. The molecule has 0 saturated heterocycles. The van der Waals surface area contributed by atoms with Crippen LogP contribution < -0.4 is 5.32 Å². The zero-order valence-electron chi connectivity index (χ0n) is 19.6. The number of hydrogen-bond acceptors (Lipinski definition) is 2. The molecule has 0 aliphatic carbocycles. The summed E-state index contributed by atoms with van der Waals surface area (Å²) in [5.74, 6) is -0.144. The van der Waals surface area contributed by atoms with Crippen LogP contribution in [0.2, 0.25) is 0 Å². The van der Waals surface area contributed by atoms with E-state index in [2.05, 4.69) is 56.4 Å². The maximum absolute atomic E-state index is 13.2. The number of benzene rings is 4. The average Bonchev–Trinajstić information content (AvgIpc) is 3.27. The summed E-state index contributed by atoms with van der Waals surface area (Å²) in [6.45, 7) is 6.40. The van der Waals surface area contributed by atoms with E-state index in [0.29, 0.717) is 5.56 Å². The number of nitrogens with one attached hydrogen (secondary N) is 1. The SMILES string of the molecule is CC(C)(C)n1nc(-c2ccccc2)c2c(NC(=O)c3ccc(-c4ccccc4)cc3)cccc21. The van der Waals surface area contributed by atoms with Crippen molar-refractivity contribution in [3.63, 3.8) is 0 Å². The molecule has 0 saturated carbocycles. The van der Waals surface area contributed by atoms with Gasteiger partial charge >= 0.3 is 0 Å². The Morgan fingerprint density at radius 2 is 1.29 bits per heavy atom. The van der Waals surface area contributed by atoms with Crippen LogP contribution in [-0.2, 0) is 5.54 Å². The Kier molecular flexibility index (Phi) is 5.50. The second-order valence-electron chi connectivity index (χ2n) is 9.39. The minimum atomic E-state index is -0.207. The molecule has 4 heteroatoms. The van der Waals surface area contributed by atoms with Gasteiger partial charge in [0.1, 0.15) is 5.69 Å². The number of hydrogen-bond donors (Lipinski definition) is 1. The lowest BCUT2D eigenvalue weighted by Crippen LogP contribution is -2.23. The number of rotatable bonds is 4. The van der Waals surface area contributed by atoms with Crippen LogP contribution in [0.25, 0.3) is 33.3 Å². The number of amides is 1. The highest BCUT2D eigenvalue weighted by Crippen LogP contribution is 2.36. The summed E-state index contributed by atoms with van der Waals surface area (Å²) in [6, 6.07) is 33.9. The van der Waals surface area contributed by atoms with Gasteiger partial charge in [-0.2, -0.15) is 5.10 Å². The predicted octanol–water partition coefficient (Wildman–Crippen LogP) is 7.38. The van der Waals surface area contributed by atoms with E-state index in [1.807, 2.05) is 77.5 Å². The first kappa shape index (κ1) is 21.7. The molecule has 5 rings (SSSR count). The van der Waals surface area contributed by atoms with Gasteiger partial charge in [0.15, 0.2) is 0 Å². The summed E-state index contributed by atoms with van der Waals surface area (Å²) in [5, 5.41) is 9.07. The van der Waals surface area contributed by atoms with Gasteiger partial charge in [0, 0.05) is 11.1 Å². The summed E-state index contributed by atoms with van der Waals surface area (Å²) in [7, 11) is 0. The van der Waals surface area contributed by atoms with Crippen LogP contribution in [0.4, 0.5) is 5.69 Å². The average molecular weight is 446 g/mol. The van der Waals surface area contributed by atoms with E-state index in [9.17, 15) is 4.79 Å². The molecule has 5 aromatic rings. The molecule has 0 aliphatic rings. The molecule has 1 aromatic heterocycles. The lowest BCUT2D eigenvalue weighted by Gasteiger charge is -2.20. The quantitative estimate of drug-likeness (QED) is 0.314. The summed E-state index contributed by atoms with van der Waals surface area (Å²) in [6.07, 6.45) is 0. The Labute approximate surface area is 199 Å². The van der Waals surface area contributed by atoms with Gasteiger partial charge in [0.05, 0.1) is 22.1 Å². The lowest BCUT2D eigenvalue weighted by atomic mass is 10.0. The van der Waals surface area contributed by atoms with Crippen LogP contribution in [0.15, 0.2) is 103 Å². The Bertz CT molecular complexity index is 1440. The third-order valence-electron chi connectivity index (χ3n) is 5.89. The topological polar surface area (TPSA) is 46.9 Å². The summed E-state index contributed by atoms with van der Waals surface area (Å²) < 4.78 is 2.04. The number of aromatic nitrogens is 2. The van der Waals surface area contributed by atoms with Crippen LogP contribution in [0.5, 0.6) is 0 Å². The Balaban J connectivity index is 1.54. The van der Waals surface area contributed by atoms with Crippen molar-refractivity contribution in [3.8, 4) is 22.4 Å². The number of fused-ring (bicyclic) bond motifs is 1. The minimum absolute atomic E-state index is 0.144. The Hall–Kier alpha value is -4.18. The number of carbonyl (C=O) groups is 1. The van der Waals surface area contributed by atoms with Crippen molar-refractivity contribution in [1.29, 1.82) is 0 Å². The van der Waals surface area contributed by atoms with Gasteiger partial charge in [-0.3, -0.25) is 9.48 Å². The second-order valence-corrected chi connectivity index (χ2v) is 9.39.